The summed E-state index contributed by atoms with van der Waals surface area (Å²) in [4.78, 5) is 12.5. The third-order valence-electron chi connectivity index (χ3n) is 4.60. The van der Waals surface area contributed by atoms with Gasteiger partial charge in [-0.05, 0) is 52.1 Å². The molecule has 0 saturated carbocycles. The second-order valence-electron chi connectivity index (χ2n) is 5.70. The van der Waals surface area contributed by atoms with E-state index in [2.05, 4.69) is 24.5 Å². The zero-order valence-corrected chi connectivity index (χ0v) is 11.6. The van der Waals surface area contributed by atoms with E-state index in [9.17, 15) is 4.79 Å². The minimum absolute atomic E-state index is 0.137. The highest BCUT2D eigenvalue weighted by Crippen LogP contribution is 2.33. The lowest BCUT2D eigenvalue weighted by Crippen LogP contribution is -2.51. The van der Waals surface area contributed by atoms with Gasteiger partial charge in [-0.2, -0.15) is 0 Å². The predicted octanol–water partition coefficient (Wildman–Crippen LogP) is 1.45. The van der Waals surface area contributed by atoms with E-state index < -0.39 is 0 Å². The van der Waals surface area contributed by atoms with Gasteiger partial charge in [0.25, 0.3) is 0 Å². The molecule has 4 heteroatoms. The molecule has 0 spiro atoms. The molecular formula is C14H26N2O2. The number of nitrogens with one attached hydrogen (secondary N) is 2. The molecule has 0 aromatic rings. The van der Waals surface area contributed by atoms with Crippen LogP contribution in [0.4, 0.5) is 0 Å². The van der Waals surface area contributed by atoms with E-state index in [-0.39, 0.29) is 23.5 Å². The smallest absolute Gasteiger partial charge is 0.226 e. The first-order valence-corrected chi connectivity index (χ1v) is 7.31. The van der Waals surface area contributed by atoms with Crippen molar-refractivity contribution >= 4 is 5.91 Å². The normalized spacial score (nSPS) is 28.9. The molecule has 2 rings (SSSR count). The maximum atomic E-state index is 12.5. The Morgan fingerprint density at radius 2 is 2.22 bits per heavy atom. The van der Waals surface area contributed by atoms with Gasteiger partial charge in [-0.15, -0.1) is 0 Å². The molecule has 18 heavy (non-hydrogen) atoms. The molecule has 2 atom stereocenters. The molecule has 1 amide bonds. The second-order valence-corrected chi connectivity index (χ2v) is 5.70. The first kappa shape index (κ1) is 13.8. The summed E-state index contributed by atoms with van der Waals surface area (Å²) < 4.78 is 5.64. The average molecular weight is 254 g/mol. The Morgan fingerprint density at radius 3 is 2.78 bits per heavy atom. The molecule has 0 aromatic heterocycles. The predicted molar refractivity (Wildman–Crippen MR) is 71.4 cm³/mol. The van der Waals surface area contributed by atoms with Crippen LogP contribution in [-0.2, 0) is 9.53 Å². The lowest BCUT2D eigenvalue weighted by Gasteiger charge is -2.36. The lowest BCUT2D eigenvalue weighted by atomic mass is 9.75. The Kier molecular flexibility index (Phi) is 4.62. The van der Waals surface area contributed by atoms with E-state index in [0.717, 1.165) is 51.8 Å². The molecule has 2 aliphatic heterocycles. The van der Waals surface area contributed by atoms with Crippen molar-refractivity contribution in [2.24, 2.45) is 5.41 Å². The van der Waals surface area contributed by atoms with Crippen LogP contribution < -0.4 is 10.6 Å². The molecule has 0 aliphatic carbocycles. The van der Waals surface area contributed by atoms with E-state index in [1.54, 1.807) is 0 Å². The fourth-order valence-corrected chi connectivity index (χ4v) is 3.10. The van der Waals surface area contributed by atoms with Gasteiger partial charge in [-0.1, -0.05) is 6.92 Å². The van der Waals surface area contributed by atoms with Gasteiger partial charge in [-0.3, -0.25) is 4.79 Å². The van der Waals surface area contributed by atoms with Gasteiger partial charge in [0.2, 0.25) is 5.91 Å². The quantitative estimate of drug-likeness (QED) is 0.798. The van der Waals surface area contributed by atoms with Crippen molar-refractivity contribution in [3.8, 4) is 0 Å². The van der Waals surface area contributed by atoms with Gasteiger partial charge < -0.3 is 15.4 Å². The topological polar surface area (TPSA) is 50.4 Å². The number of ether oxygens (including phenoxy) is 1. The molecule has 2 N–H and O–H groups in total. The summed E-state index contributed by atoms with van der Waals surface area (Å²) in [7, 11) is 0. The number of hydrogen-bond donors (Lipinski definition) is 2. The van der Waals surface area contributed by atoms with Crippen molar-refractivity contribution in [1.29, 1.82) is 0 Å². The highest BCUT2D eigenvalue weighted by atomic mass is 16.5. The highest BCUT2D eigenvalue weighted by Gasteiger charge is 2.39. The van der Waals surface area contributed by atoms with Crippen LogP contribution in [0.25, 0.3) is 0 Å². The molecule has 0 bridgehead atoms. The molecule has 2 saturated heterocycles. The van der Waals surface area contributed by atoms with E-state index in [0.29, 0.717) is 0 Å². The standard InChI is InChI=1S/C14H26N2O2/c1-3-14(6-8-15-9-7-14)13(17)16-11(2)12-5-4-10-18-12/h11-12,15H,3-10H2,1-2H3,(H,16,17). The van der Waals surface area contributed by atoms with Gasteiger partial charge in [0.15, 0.2) is 0 Å². The van der Waals surface area contributed by atoms with Crippen LogP contribution in [0.3, 0.4) is 0 Å². The fraction of sp³-hybridized carbons (Fsp3) is 0.929. The summed E-state index contributed by atoms with van der Waals surface area (Å²) >= 11 is 0. The first-order chi connectivity index (χ1) is 8.68. The molecule has 2 fully saturated rings. The molecule has 0 radical (unpaired) electrons. The largest absolute Gasteiger partial charge is 0.376 e. The van der Waals surface area contributed by atoms with Gasteiger partial charge in [0.05, 0.1) is 17.6 Å². The van der Waals surface area contributed by atoms with Crippen molar-refractivity contribution in [2.75, 3.05) is 19.7 Å². The summed E-state index contributed by atoms with van der Waals surface area (Å²) in [5, 5.41) is 6.52. The number of carbonyl (C=O) groups is 1. The SMILES string of the molecule is CCC1(C(=O)NC(C)C2CCCO2)CCNCC1. The van der Waals surface area contributed by atoms with Crippen molar-refractivity contribution in [3.63, 3.8) is 0 Å². The molecule has 0 aromatic carbocycles. The molecule has 4 nitrogen and oxygen atoms in total. The van der Waals surface area contributed by atoms with Crippen molar-refractivity contribution in [2.45, 2.75) is 58.1 Å². The molecule has 2 unspecified atom stereocenters. The van der Waals surface area contributed by atoms with Crippen LogP contribution in [0.5, 0.6) is 0 Å². The Hall–Kier alpha value is -0.610. The Balaban J connectivity index is 1.92. The Bertz CT molecular complexity index is 282. The number of carbonyl (C=O) groups excluding carboxylic acids is 1. The number of piperidine rings is 1. The minimum atomic E-state index is -0.155. The average Bonchev–Trinajstić information content (AvgIpc) is 2.93. The molecule has 104 valence electrons. The zero-order valence-electron chi connectivity index (χ0n) is 11.6. The summed E-state index contributed by atoms with van der Waals surface area (Å²) in [6, 6.07) is 0.137. The molecular weight excluding hydrogens is 228 g/mol. The summed E-state index contributed by atoms with van der Waals surface area (Å²) in [6.45, 7) is 6.94. The fourth-order valence-electron chi connectivity index (χ4n) is 3.10. The van der Waals surface area contributed by atoms with Gasteiger partial charge in [0, 0.05) is 6.61 Å². The van der Waals surface area contributed by atoms with E-state index in [4.69, 9.17) is 4.74 Å². The van der Waals surface area contributed by atoms with Crippen LogP contribution in [0.15, 0.2) is 0 Å². The third-order valence-corrected chi connectivity index (χ3v) is 4.60. The Labute approximate surface area is 110 Å². The monoisotopic (exact) mass is 254 g/mol. The molecule has 2 heterocycles. The van der Waals surface area contributed by atoms with E-state index in [1.165, 1.54) is 0 Å². The summed E-state index contributed by atoms with van der Waals surface area (Å²) in [6.07, 6.45) is 5.24. The summed E-state index contributed by atoms with van der Waals surface area (Å²) in [5.74, 6) is 0.231. The van der Waals surface area contributed by atoms with E-state index in [1.807, 2.05) is 0 Å². The maximum Gasteiger partial charge on any atom is 0.226 e. The Morgan fingerprint density at radius 1 is 1.50 bits per heavy atom. The number of amides is 1. The lowest BCUT2D eigenvalue weighted by molar-refractivity contribution is -0.134. The van der Waals surface area contributed by atoms with Crippen molar-refractivity contribution in [1.82, 2.24) is 10.6 Å². The van der Waals surface area contributed by atoms with Gasteiger partial charge >= 0.3 is 0 Å². The van der Waals surface area contributed by atoms with Gasteiger partial charge in [0.1, 0.15) is 0 Å². The third kappa shape index (κ3) is 2.86. The molecule has 2 aliphatic rings. The van der Waals surface area contributed by atoms with Crippen LogP contribution >= 0.6 is 0 Å². The zero-order chi connectivity index (χ0) is 13.0. The first-order valence-electron chi connectivity index (χ1n) is 7.31. The number of rotatable bonds is 4. The minimum Gasteiger partial charge on any atom is -0.376 e. The van der Waals surface area contributed by atoms with Crippen molar-refractivity contribution < 1.29 is 9.53 Å². The van der Waals surface area contributed by atoms with Crippen LogP contribution in [-0.4, -0.2) is 37.7 Å². The van der Waals surface area contributed by atoms with Crippen molar-refractivity contribution in [3.05, 3.63) is 0 Å². The van der Waals surface area contributed by atoms with Crippen LogP contribution in [0.2, 0.25) is 0 Å². The number of hydrogen-bond acceptors (Lipinski definition) is 3. The second kappa shape index (κ2) is 6.02. The summed E-state index contributed by atoms with van der Waals surface area (Å²) in [5.41, 5.74) is -0.155. The van der Waals surface area contributed by atoms with E-state index >= 15 is 0 Å². The van der Waals surface area contributed by atoms with Crippen LogP contribution in [0.1, 0.15) is 46.0 Å². The van der Waals surface area contributed by atoms with Gasteiger partial charge in [-0.25, -0.2) is 0 Å². The highest BCUT2D eigenvalue weighted by molar-refractivity contribution is 5.83. The maximum absolute atomic E-state index is 12.5. The van der Waals surface area contributed by atoms with Crippen LogP contribution in [0, 0.1) is 5.41 Å².